The molecule has 8 heteroatoms. The number of hydrogen-bond donors (Lipinski definition) is 0. The fraction of sp³-hybridized carbons (Fsp3) is 0.391. The van der Waals surface area contributed by atoms with Crippen LogP contribution in [-0.4, -0.2) is 55.5 Å². The molecule has 1 aliphatic rings. The summed E-state index contributed by atoms with van der Waals surface area (Å²) in [5.74, 6) is -0.301. The summed E-state index contributed by atoms with van der Waals surface area (Å²) in [7, 11) is 3.31. The lowest BCUT2D eigenvalue weighted by Crippen LogP contribution is -2.45. The molecule has 0 spiro atoms. The van der Waals surface area contributed by atoms with Crippen molar-refractivity contribution in [2.45, 2.75) is 26.0 Å². The number of methoxy groups -OCH3 is 1. The maximum Gasteiger partial charge on any atom is 0.387 e. The van der Waals surface area contributed by atoms with Crippen molar-refractivity contribution in [1.82, 2.24) is 9.80 Å². The fourth-order valence-corrected chi connectivity index (χ4v) is 3.85. The average Bonchev–Trinajstić information content (AvgIpc) is 2.78. The Kier molecular flexibility index (Phi) is 7.44. The van der Waals surface area contributed by atoms with Gasteiger partial charge in [-0.3, -0.25) is 9.59 Å². The summed E-state index contributed by atoms with van der Waals surface area (Å²) >= 11 is 0. The summed E-state index contributed by atoms with van der Waals surface area (Å²) in [4.78, 5) is 29.2. The van der Waals surface area contributed by atoms with Gasteiger partial charge in [0.05, 0.1) is 18.6 Å². The lowest BCUT2D eigenvalue weighted by molar-refractivity contribution is -0.136. The van der Waals surface area contributed by atoms with Crippen LogP contribution in [0.4, 0.5) is 8.78 Å². The van der Waals surface area contributed by atoms with E-state index in [-0.39, 0.29) is 29.7 Å². The number of likely N-dealkylation sites (tertiary alicyclic amines) is 1. The highest BCUT2D eigenvalue weighted by atomic mass is 19.3. The molecule has 1 atom stereocenters. The Balaban J connectivity index is 1.69. The second-order valence-corrected chi connectivity index (χ2v) is 7.47. The zero-order valence-electron chi connectivity index (χ0n) is 17.6. The first-order chi connectivity index (χ1) is 14.9. The van der Waals surface area contributed by atoms with E-state index in [0.717, 1.165) is 5.56 Å². The number of benzene rings is 2. The van der Waals surface area contributed by atoms with Gasteiger partial charge >= 0.3 is 6.61 Å². The molecule has 2 amide bonds. The molecule has 1 fully saturated rings. The Morgan fingerprint density at radius 1 is 1.13 bits per heavy atom. The number of para-hydroxylation sites is 2. The van der Waals surface area contributed by atoms with E-state index in [1.54, 1.807) is 25.1 Å². The number of nitrogens with zero attached hydrogens (tertiary/aromatic N) is 2. The molecule has 2 aromatic rings. The minimum atomic E-state index is -3.02. The van der Waals surface area contributed by atoms with Crippen molar-refractivity contribution >= 4 is 11.8 Å². The molecule has 0 aliphatic carbocycles. The maximum atomic E-state index is 13.0. The quantitative estimate of drug-likeness (QED) is 0.668. The summed E-state index contributed by atoms with van der Waals surface area (Å²) in [5.41, 5.74) is 0.959. The molecule has 1 aliphatic heterocycles. The number of halogens is 2. The zero-order chi connectivity index (χ0) is 22.4. The molecule has 0 radical (unpaired) electrons. The fourth-order valence-electron chi connectivity index (χ4n) is 3.85. The molecule has 3 rings (SSSR count). The van der Waals surface area contributed by atoms with Gasteiger partial charge in [-0.15, -0.1) is 0 Å². The summed E-state index contributed by atoms with van der Waals surface area (Å²) in [5, 5.41) is 0. The van der Waals surface area contributed by atoms with Crippen molar-refractivity contribution in [3.63, 3.8) is 0 Å². The van der Waals surface area contributed by atoms with Crippen LogP contribution in [0.1, 0.15) is 28.8 Å². The minimum Gasteiger partial charge on any atom is -0.496 e. The van der Waals surface area contributed by atoms with Gasteiger partial charge in [0, 0.05) is 32.2 Å². The molecule has 0 bridgehead atoms. The van der Waals surface area contributed by atoms with Gasteiger partial charge in [0.25, 0.3) is 5.91 Å². The zero-order valence-corrected chi connectivity index (χ0v) is 17.6. The van der Waals surface area contributed by atoms with E-state index in [2.05, 4.69) is 4.74 Å². The van der Waals surface area contributed by atoms with Crippen molar-refractivity contribution in [1.29, 1.82) is 0 Å². The summed E-state index contributed by atoms with van der Waals surface area (Å²) in [6, 6.07) is 13.4. The monoisotopic (exact) mass is 432 g/mol. The Bertz CT molecular complexity index is 922. The summed E-state index contributed by atoms with van der Waals surface area (Å²) in [6.07, 6.45) is 1.32. The van der Waals surface area contributed by atoms with Crippen molar-refractivity contribution in [2.24, 2.45) is 5.92 Å². The smallest absolute Gasteiger partial charge is 0.387 e. The summed E-state index contributed by atoms with van der Waals surface area (Å²) in [6.45, 7) is -1.94. The first-order valence-electron chi connectivity index (χ1n) is 10.1. The maximum absolute atomic E-state index is 13.0. The topological polar surface area (TPSA) is 59.1 Å². The SMILES string of the molecule is COc1ccccc1CN(C)C(=O)C1CCCN(C(=O)c2ccccc2OC(F)F)C1. The number of carbonyl (C=O) groups excluding carboxylic acids is 2. The van der Waals surface area contributed by atoms with Gasteiger partial charge in [0.15, 0.2) is 0 Å². The van der Waals surface area contributed by atoms with E-state index < -0.39 is 12.5 Å². The number of carbonyl (C=O) groups is 2. The van der Waals surface area contributed by atoms with Crippen LogP contribution in [0, 0.1) is 5.92 Å². The van der Waals surface area contributed by atoms with Crippen molar-refractivity contribution in [3.05, 3.63) is 59.7 Å². The molecule has 0 aromatic heterocycles. The lowest BCUT2D eigenvalue weighted by Gasteiger charge is -2.34. The highest BCUT2D eigenvalue weighted by Crippen LogP contribution is 2.26. The Morgan fingerprint density at radius 2 is 1.81 bits per heavy atom. The van der Waals surface area contributed by atoms with Crippen LogP contribution in [0.3, 0.4) is 0 Å². The van der Waals surface area contributed by atoms with Crippen LogP contribution in [0.15, 0.2) is 48.5 Å². The van der Waals surface area contributed by atoms with Crippen LogP contribution in [0.2, 0.25) is 0 Å². The van der Waals surface area contributed by atoms with Crippen LogP contribution in [0.25, 0.3) is 0 Å². The van der Waals surface area contributed by atoms with Crippen LogP contribution in [0.5, 0.6) is 11.5 Å². The van der Waals surface area contributed by atoms with Gasteiger partial charge in [-0.05, 0) is 31.0 Å². The number of rotatable bonds is 7. The molecule has 31 heavy (non-hydrogen) atoms. The van der Waals surface area contributed by atoms with Crippen LogP contribution >= 0.6 is 0 Å². The Hall–Kier alpha value is -3.16. The third kappa shape index (κ3) is 5.51. The second-order valence-electron chi connectivity index (χ2n) is 7.47. The predicted molar refractivity (Wildman–Crippen MR) is 111 cm³/mol. The number of ether oxygens (including phenoxy) is 2. The van der Waals surface area contributed by atoms with Gasteiger partial charge in [0.1, 0.15) is 11.5 Å². The first kappa shape index (κ1) is 22.5. The molecular weight excluding hydrogens is 406 g/mol. The molecule has 2 aromatic carbocycles. The lowest BCUT2D eigenvalue weighted by atomic mass is 9.95. The standard InChI is InChI=1S/C23H26F2N2O4/c1-26(14-16-8-3-5-11-19(16)30-2)21(28)17-9-7-13-27(15-17)22(29)18-10-4-6-12-20(18)31-23(24)25/h3-6,8,10-12,17,23H,7,9,13-15H2,1-2H3. The van der Waals surface area contributed by atoms with Crippen LogP contribution in [-0.2, 0) is 11.3 Å². The van der Waals surface area contributed by atoms with E-state index >= 15 is 0 Å². The Labute approximate surface area is 180 Å². The normalized spacial score (nSPS) is 16.2. The van der Waals surface area contributed by atoms with E-state index in [0.29, 0.717) is 31.7 Å². The summed E-state index contributed by atoms with van der Waals surface area (Å²) < 4.78 is 35.2. The minimum absolute atomic E-state index is 0.0678. The molecule has 0 N–H and O–H groups in total. The highest BCUT2D eigenvalue weighted by Gasteiger charge is 2.32. The van der Waals surface area contributed by atoms with Gasteiger partial charge in [-0.1, -0.05) is 30.3 Å². The highest BCUT2D eigenvalue weighted by molar-refractivity contribution is 5.97. The molecule has 0 saturated carbocycles. The molecule has 1 saturated heterocycles. The van der Waals surface area contributed by atoms with E-state index in [4.69, 9.17) is 4.74 Å². The predicted octanol–water partition coefficient (Wildman–Crippen LogP) is 3.81. The van der Waals surface area contributed by atoms with E-state index in [9.17, 15) is 18.4 Å². The molecule has 166 valence electrons. The number of alkyl halides is 2. The van der Waals surface area contributed by atoms with Crippen LogP contribution < -0.4 is 9.47 Å². The first-order valence-corrected chi connectivity index (χ1v) is 10.1. The molecule has 1 heterocycles. The van der Waals surface area contributed by atoms with E-state index in [1.165, 1.54) is 23.1 Å². The van der Waals surface area contributed by atoms with Crippen molar-refractivity contribution < 1.29 is 27.8 Å². The number of piperidine rings is 1. The van der Waals surface area contributed by atoms with Gasteiger partial charge in [-0.2, -0.15) is 8.78 Å². The molecule has 6 nitrogen and oxygen atoms in total. The largest absolute Gasteiger partial charge is 0.496 e. The average molecular weight is 432 g/mol. The Morgan fingerprint density at radius 3 is 2.52 bits per heavy atom. The van der Waals surface area contributed by atoms with Crippen molar-refractivity contribution in [3.8, 4) is 11.5 Å². The number of amides is 2. The van der Waals surface area contributed by atoms with Gasteiger partial charge in [0.2, 0.25) is 5.91 Å². The van der Waals surface area contributed by atoms with Gasteiger partial charge in [-0.25, -0.2) is 0 Å². The van der Waals surface area contributed by atoms with E-state index in [1.807, 2.05) is 24.3 Å². The third-order valence-corrected chi connectivity index (χ3v) is 5.37. The molecular formula is C23H26F2N2O4. The van der Waals surface area contributed by atoms with Gasteiger partial charge < -0.3 is 19.3 Å². The second kappa shape index (κ2) is 10.2. The van der Waals surface area contributed by atoms with Crippen molar-refractivity contribution in [2.75, 3.05) is 27.2 Å². The third-order valence-electron chi connectivity index (χ3n) is 5.37. The molecule has 1 unspecified atom stereocenters. The number of hydrogen-bond acceptors (Lipinski definition) is 4.